The number of carbonyl (C=O) groups is 1. The summed E-state index contributed by atoms with van der Waals surface area (Å²) in [6, 6.07) is 0. The first-order valence-electron chi connectivity index (χ1n) is 4.95. The molecule has 13 heavy (non-hydrogen) atoms. The third-order valence-electron chi connectivity index (χ3n) is 2.76. The van der Waals surface area contributed by atoms with Crippen LogP contribution in [0.1, 0.15) is 27.2 Å². The van der Waals surface area contributed by atoms with Crippen LogP contribution in [0.3, 0.4) is 0 Å². The van der Waals surface area contributed by atoms with Gasteiger partial charge in [-0.05, 0) is 6.42 Å². The minimum absolute atomic E-state index is 0.165. The smallest absolute Gasteiger partial charge is 0.228 e. The van der Waals surface area contributed by atoms with Crippen molar-refractivity contribution in [3.63, 3.8) is 0 Å². The van der Waals surface area contributed by atoms with Crippen molar-refractivity contribution in [1.29, 1.82) is 0 Å². The lowest BCUT2D eigenvalue weighted by Crippen LogP contribution is -2.44. The van der Waals surface area contributed by atoms with Gasteiger partial charge in [-0.1, -0.05) is 20.8 Å². The van der Waals surface area contributed by atoms with Crippen molar-refractivity contribution in [2.24, 2.45) is 5.41 Å². The molecule has 1 rings (SSSR count). The van der Waals surface area contributed by atoms with Gasteiger partial charge in [0.25, 0.3) is 0 Å². The zero-order chi connectivity index (χ0) is 9.90. The minimum Gasteiger partial charge on any atom is -0.341 e. The third kappa shape index (κ3) is 2.63. The lowest BCUT2D eigenvalue weighted by atomic mass is 9.88. The van der Waals surface area contributed by atoms with E-state index in [1.807, 2.05) is 30.5 Å². The second-order valence-corrected chi connectivity index (χ2v) is 5.37. The van der Waals surface area contributed by atoms with E-state index in [4.69, 9.17) is 0 Å². The highest BCUT2D eigenvalue weighted by molar-refractivity contribution is 7.99. The van der Waals surface area contributed by atoms with Crippen LogP contribution in [0.4, 0.5) is 0 Å². The molecule has 0 unspecified atom stereocenters. The molecule has 2 nitrogen and oxygen atoms in total. The van der Waals surface area contributed by atoms with E-state index in [1.54, 1.807) is 0 Å². The van der Waals surface area contributed by atoms with Crippen LogP contribution in [-0.4, -0.2) is 35.4 Å². The highest BCUT2D eigenvalue weighted by Crippen LogP contribution is 2.24. The maximum Gasteiger partial charge on any atom is 0.228 e. The van der Waals surface area contributed by atoms with Crippen molar-refractivity contribution >= 4 is 17.7 Å². The summed E-state index contributed by atoms with van der Waals surface area (Å²) in [6.45, 7) is 8.03. The van der Waals surface area contributed by atoms with Crippen molar-refractivity contribution in [3.8, 4) is 0 Å². The Bertz CT molecular complexity index is 185. The number of hydrogen-bond acceptors (Lipinski definition) is 2. The largest absolute Gasteiger partial charge is 0.341 e. The molecular formula is C10H19NOS. The molecule has 1 heterocycles. The van der Waals surface area contributed by atoms with Gasteiger partial charge in [-0.2, -0.15) is 11.8 Å². The molecule has 0 aromatic carbocycles. The first kappa shape index (κ1) is 10.9. The molecule has 0 N–H and O–H groups in total. The average molecular weight is 201 g/mol. The second-order valence-electron chi connectivity index (χ2n) is 4.14. The normalized spacial score (nSPS) is 18.8. The standard InChI is InChI=1S/C10H19NOS/c1-4-10(2,3)9(12)11-5-7-13-8-6-11/h4-8H2,1-3H3. The Labute approximate surface area is 85.1 Å². The first-order valence-corrected chi connectivity index (χ1v) is 6.10. The Hall–Kier alpha value is -0.180. The molecule has 76 valence electrons. The Morgan fingerprint density at radius 1 is 1.38 bits per heavy atom. The van der Waals surface area contributed by atoms with E-state index in [1.165, 1.54) is 0 Å². The summed E-state index contributed by atoms with van der Waals surface area (Å²) in [5.41, 5.74) is -0.165. The fourth-order valence-corrected chi connectivity index (χ4v) is 2.25. The van der Waals surface area contributed by atoms with Crippen molar-refractivity contribution in [2.45, 2.75) is 27.2 Å². The van der Waals surface area contributed by atoms with Crippen LogP contribution in [0.2, 0.25) is 0 Å². The van der Waals surface area contributed by atoms with E-state index in [-0.39, 0.29) is 5.41 Å². The molecule has 1 fully saturated rings. The summed E-state index contributed by atoms with van der Waals surface area (Å²) in [6.07, 6.45) is 0.926. The molecule has 1 aliphatic heterocycles. The summed E-state index contributed by atoms with van der Waals surface area (Å²) in [7, 11) is 0. The zero-order valence-electron chi connectivity index (χ0n) is 8.80. The monoisotopic (exact) mass is 201 g/mol. The van der Waals surface area contributed by atoms with Gasteiger partial charge in [-0.25, -0.2) is 0 Å². The van der Waals surface area contributed by atoms with Gasteiger partial charge in [0.05, 0.1) is 0 Å². The van der Waals surface area contributed by atoms with Gasteiger partial charge in [0.1, 0.15) is 0 Å². The predicted octanol–water partition coefficient (Wildman–Crippen LogP) is 2.00. The van der Waals surface area contributed by atoms with Gasteiger partial charge >= 0.3 is 0 Å². The highest BCUT2D eigenvalue weighted by Gasteiger charge is 2.30. The molecule has 1 amide bonds. The molecule has 3 heteroatoms. The van der Waals surface area contributed by atoms with Gasteiger partial charge in [0.15, 0.2) is 0 Å². The highest BCUT2D eigenvalue weighted by atomic mass is 32.2. The van der Waals surface area contributed by atoms with E-state index >= 15 is 0 Å². The van der Waals surface area contributed by atoms with Crippen LogP contribution in [0.25, 0.3) is 0 Å². The van der Waals surface area contributed by atoms with Gasteiger partial charge in [0.2, 0.25) is 5.91 Å². The van der Waals surface area contributed by atoms with Crippen LogP contribution < -0.4 is 0 Å². The van der Waals surface area contributed by atoms with Crippen molar-refractivity contribution in [1.82, 2.24) is 4.90 Å². The van der Waals surface area contributed by atoms with Crippen LogP contribution in [0, 0.1) is 5.41 Å². The molecule has 0 aromatic rings. The molecule has 0 atom stereocenters. The molecule has 0 aliphatic carbocycles. The SMILES string of the molecule is CCC(C)(C)C(=O)N1CCSCC1. The van der Waals surface area contributed by atoms with Crippen molar-refractivity contribution < 1.29 is 4.79 Å². The molecular weight excluding hydrogens is 182 g/mol. The predicted molar refractivity (Wildman–Crippen MR) is 58.0 cm³/mol. The van der Waals surface area contributed by atoms with E-state index in [2.05, 4.69) is 6.92 Å². The Kier molecular flexibility index (Phi) is 3.65. The van der Waals surface area contributed by atoms with Crippen LogP contribution in [0.15, 0.2) is 0 Å². The Morgan fingerprint density at radius 3 is 2.38 bits per heavy atom. The lowest BCUT2D eigenvalue weighted by molar-refractivity contribution is -0.140. The summed E-state index contributed by atoms with van der Waals surface area (Å²) >= 11 is 1.94. The first-order chi connectivity index (χ1) is 6.08. The topological polar surface area (TPSA) is 20.3 Å². The zero-order valence-corrected chi connectivity index (χ0v) is 9.62. The van der Waals surface area contributed by atoms with E-state index in [0.29, 0.717) is 5.91 Å². The molecule has 0 spiro atoms. The van der Waals surface area contributed by atoms with E-state index in [9.17, 15) is 4.79 Å². The quantitative estimate of drug-likeness (QED) is 0.681. The van der Waals surface area contributed by atoms with Gasteiger partial charge in [-0.15, -0.1) is 0 Å². The van der Waals surface area contributed by atoms with Gasteiger partial charge in [0, 0.05) is 30.0 Å². The van der Waals surface area contributed by atoms with Crippen LogP contribution in [0.5, 0.6) is 0 Å². The summed E-state index contributed by atoms with van der Waals surface area (Å²) in [5, 5.41) is 0. The molecule has 0 saturated carbocycles. The molecule has 0 radical (unpaired) electrons. The maximum absolute atomic E-state index is 12.0. The maximum atomic E-state index is 12.0. The number of amides is 1. The van der Waals surface area contributed by atoms with Crippen molar-refractivity contribution in [2.75, 3.05) is 24.6 Å². The number of carbonyl (C=O) groups excluding carboxylic acids is 1. The van der Waals surface area contributed by atoms with E-state index < -0.39 is 0 Å². The van der Waals surface area contributed by atoms with Crippen molar-refractivity contribution in [3.05, 3.63) is 0 Å². The minimum atomic E-state index is -0.165. The van der Waals surface area contributed by atoms with Crippen LogP contribution in [-0.2, 0) is 4.79 Å². The number of nitrogens with zero attached hydrogens (tertiary/aromatic N) is 1. The molecule has 0 aromatic heterocycles. The number of thioether (sulfide) groups is 1. The number of hydrogen-bond donors (Lipinski definition) is 0. The van der Waals surface area contributed by atoms with Gasteiger partial charge < -0.3 is 4.90 Å². The third-order valence-corrected chi connectivity index (χ3v) is 3.70. The summed E-state index contributed by atoms with van der Waals surface area (Å²) in [5.74, 6) is 2.53. The number of rotatable bonds is 2. The summed E-state index contributed by atoms with van der Waals surface area (Å²) in [4.78, 5) is 14.0. The lowest BCUT2D eigenvalue weighted by Gasteiger charge is -2.33. The Morgan fingerprint density at radius 2 is 1.92 bits per heavy atom. The molecule has 1 aliphatic rings. The fourth-order valence-electron chi connectivity index (χ4n) is 1.35. The molecule has 0 bridgehead atoms. The second kappa shape index (κ2) is 4.36. The fraction of sp³-hybridized carbons (Fsp3) is 0.900. The van der Waals surface area contributed by atoms with Crippen LogP contribution >= 0.6 is 11.8 Å². The molecule has 1 saturated heterocycles. The average Bonchev–Trinajstić information content (AvgIpc) is 2.18. The Balaban J connectivity index is 2.55. The van der Waals surface area contributed by atoms with Gasteiger partial charge in [-0.3, -0.25) is 4.79 Å². The van der Waals surface area contributed by atoms with E-state index in [0.717, 1.165) is 31.0 Å². The summed E-state index contributed by atoms with van der Waals surface area (Å²) < 4.78 is 0.